The molecule has 130 valence electrons. The number of hydrogen-bond acceptors (Lipinski definition) is 3. The summed E-state index contributed by atoms with van der Waals surface area (Å²) in [7, 11) is 0. The van der Waals surface area contributed by atoms with Gasteiger partial charge in [0.2, 0.25) is 0 Å². The van der Waals surface area contributed by atoms with Crippen molar-refractivity contribution in [2.75, 3.05) is 38.2 Å². The fraction of sp³-hybridized carbons (Fsp3) is 0.706. The van der Waals surface area contributed by atoms with E-state index in [1.165, 1.54) is 32.2 Å². The van der Waals surface area contributed by atoms with Gasteiger partial charge in [0.15, 0.2) is 5.96 Å². The summed E-state index contributed by atoms with van der Waals surface area (Å²) in [6.07, 6.45) is 10.4. The van der Waals surface area contributed by atoms with Crippen molar-refractivity contribution in [1.29, 1.82) is 0 Å². The number of thioether (sulfide) groups is 1. The van der Waals surface area contributed by atoms with Crippen molar-refractivity contribution >= 4 is 41.7 Å². The fourth-order valence-corrected chi connectivity index (χ4v) is 3.74. The first-order chi connectivity index (χ1) is 10.8. The summed E-state index contributed by atoms with van der Waals surface area (Å²) in [4.78, 5) is 7.29. The van der Waals surface area contributed by atoms with Crippen LogP contribution >= 0.6 is 35.7 Å². The number of furan rings is 1. The molecule has 2 fully saturated rings. The van der Waals surface area contributed by atoms with Crippen molar-refractivity contribution in [3.63, 3.8) is 0 Å². The van der Waals surface area contributed by atoms with Crippen LogP contribution in [0.4, 0.5) is 0 Å². The van der Waals surface area contributed by atoms with Gasteiger partial charge in [-0.05, 0) is 43.1 Å². The molecule has 1 N–H and O–H groups in total. The quantitative estimate of drug-likeness (QED) is 0.312. The molecule has 0 radical (unpaired) electrons. The molecule has 0 amide bonds. The highest BCUT2D eigenvalue weighted by atomic mass is 127. The smallest absolute Gasteiger partial charge is 0.193 e. The monoisotopic (exact) mass is 449 g/mol. The van der Waals surface area contributed by atoms with E-state index in [9.17, 15) is 0 Å². The summed E-state index contributed by atoms with van der Waals surface area (Å²) in [5.74, 6) is 3.22. The highest BCUT2D eigenvalue weighted by Crippen LogP contribution is 2.47. The van der Waals surface area contributed by atoms with E-state index >= 15 is 0 Å². The van der Waals surface area contributed by atoms with Crippen molar-refractivity contribution in [3.8, 4) is 0 Å². The van der Waals surface area contributed by atoms with E-state index in [4.69, 9.17) is 9.41 Å². The van der Waals surface area contributed by atoms with Crippen molar-refractivity contribution in [3.05, 3.63) is 24.2 Å². The zero-order valence-corrected chi connectivity index (χ0v) is 17.1. The molecule has 0 aromatic carbocycles. The first kappa shape index (κ1) is 19.0. The molecule has 0 bridgehead atoms. The number of likely N-dealkylation sites (tertiary alicyclic amines) is 1. The Morgan fingerprint density at radius 3 is 2.91 bits per heavy atom. The molecule has 0 unspecified atom stereocenters. The molecule has 23 heavy (non-hydrogen) atoms. The molecule has 2 aliphatic rings. The largest absolute Gasteiger partial charge is 0.469 e. The minimum absolute atomic E-state index is 0. The molecule has 1 aliphatic carbocycles. The highest BCUT2D eigenvalue weighted by molar-refractivity contribution is 14.0. The molecule has 4 nitrogen and oxygen atoms in total. The van der Waals surface area contributed by atoms with Crippen LogP contribution in [-0.2, 0) is 6.42 Å². The summed E-state index contributed by atoms with van der Waals surface area (Å²) in [6, 6.07) is 3.98. The van der Waals surface area contributed by atoms with Crippen LogP contribution in [0.25, 0.3) is 0 Å². The Hall–Kier alpha value is -0.370. The van der Waals surface area contributed by atoms with Gasteiger partial charge in [0.05, 0.1) is 12.8 Å². The molecule has 1 saturated heterocycles. The second-order valence-electron chi connectivity index (χ2n) is 6.48. The van der Waals surface area contributed by atoms with Crippen LogP contribution < -0.4 is 5.32 Å². The topological polar surface area (TPSA) is 40.8 Å². The second kappa shape index (κ2) is 9.20. The van der Waals surface area contributed by atoms with Crippen LogP contribution in [0.3, 0.4) is 0 Å². The number of nitrogens with one attached hydrogen (secondary N) is 1. The third-order valence-electron chi connectivity index (χ3n) is 4.94. The van der Waals surface area contributed by atoms with Gasteiger partial charge in [-0.25, -0.2) is 0 Å². The predicted molar refractivity (Wildman–Crippen MR) is 109 cm³/mol. The lowest BCUT2D eigenvalue weighted by atomic mass is 9.68. The van der Waals surface area contributed by atoms with E-state index < -0.39 is 0 Å². The molecule has 3 rings (SSSR count). The molecule has 1 spiro atoms. The lowest BCUT2D eigenvalue weighted by Gasteiger charge is -2.38. The van der Waals surface area contributed by atoms with Gasteiger partial charge in [-0.1, -0.05) is 6.42 Å². The van der Waals surface area contributed by atoms with Crippen LogP contribution in [0.2, 0.25) is 0 Å². The molecule has 1 saturated carbocycles. The average Bonchev–Trinajstić information content (AvgIpc) is 3.15. The molecule has 1 aliphatic heterocycles. The number of guanidine groups is 1. The van der Waals surface area contributed by atoms with Crippen LogP contribution in [0, 0.1) is 5.41 Å². The number of halogens is 1. The summed E-state index contributed by atoms with van der Waals surface area (Å²) in [5.41, 5.74) is 0.614. The van der Waals surface area contributed by atoms with Crippen molar-refractivity contribution in [2.24, 2.45) is 10.4 Å². The molecule has 2 heterocycles. The zero-order valence-electron chi connectivity index (χ0n) is 13.9. The van der Waals surface area contributed by atoms with Gasteiger partial charge >= 0.3 is 0 Å². The van der Waals surface area contributed by atoms with Crippen molar-refractivity contribution in [1.82, 2.24) is 10.2 Å². The Balaban J connectivity index is 0.00000192. The van der Waals surface area contributed by atoms with Gasteiger partial charge in [-0.2, -0.15) is 11.8 Å². The second-order valence-corrected chi connectivity index (χ2v) is 7.46. The molecule has 6 heteroatoms. The maximum Gasteiger partial charge on any atom is 0.193 e. The first-order valence-corrected chi connectivity index (χ1v) is 9.75. The minimum atomic E-state index is 0. The Bertz CT molecular complexity index is 488. The standard InChI is InChI=1S/C17H27N3OS.HI/c1-22-13-10-19-16(18-9-5-15-4-2-12-21-15)20-11-8-17(14-20)6-3-7-17;/h2,4,12H,3,5-11,13-14H2,1H3,(H,18,19);1H. The van der Waals surface area contributed by atoms with Gasteiger partial charge in [-0.3, -0.25) is 4.99 Å². The van der Waals surface area contributed by atoms with E-state index in [2.05, 4.69) is 16.5 Å². The predicted octanol–water partition coefficient (Wildman–Crippen LogP) is 3.62. The average molecular weight is 449 g/mol. The Kier molecular flexibility index (Phi) is 7.59. The van der Waals surface area contributed by atoms with Crippen molar-refractivity contribution < 1.29 is 4.42 Å². The van der Waals surface area contributed by atoms with Crippen LogP contribution in [-0.4, -0.2) is 49.0 Å². The maximum atomic E-state index is 5.40. The molecule has 1 aromatic heterocycles. The summed E-state index contributed by atoms with van der Waals surface area (Å²) >= 11 is 1.86. The van der Waals surface area contributed by atoms with Gasteiger partial charge < -0.3 is 14.6 Å². The number of nitrogens with zero attached hydrogens (tertiary/aromatic N) is 2. The van der Waals surface area contributed by atoms with Gasteiger partial charge in [0, 0.05) is 31.8 Å². The van der Waals surface area contributed by atoms with Crippen LogP contribution in [0.15, 0.2) is 27.8 Å². The van der Waals surface area contributed by atoms with E-state index in [1.807, 2.05) is 23.9 Å². The lowest BCUT2D eigenvalue weighted by molar-refractivity contribution is 0.151. The third kappa shape index (κ3) is 5.05. The van der Waals surface area contributed by atoms with Crippen LogP contribution in [0.1, 0.15) is 31.4 Å². The van der Waals surface area contributed by atoms with Crippen molar-refractivity contribution in [2.45, 2.75) is 32.1 Å². The lowest BCUT2D eigenvalue weighted by Crippen LogP contribution is -2.43. The van der Waals surface area contributed by atoms with E-state index in [-0.39, 0.29) is 24.0 Å². The number of aliphatic imine (C=N–C) groups is 1. The normalized spacial score (nSPS) is 19.5. The summed E-state index contributed by atoms with van der Waals surface area (Å²) < 4.78 is 5.40. The van der Waals surface area contributed by atoms with Gasteiger partial charge in [0.25, 0.3) is 0 Å². The fourth-order valence-electron chi connectivity index (χ4n) is 3.46. The van der Waals surface area contributed by atoms with Gasteiger partial charge in [0.1, 0.15) is 5.76 Å². The Morgan fingerprint density at radius 1 is 1.43 bits per heavy atom. The molecule has 0 atom stereocenters. The first-order valence-electron chi connectivity index (χ1n) is 8.36. The van der Waals surface area contributed by atoms with E-state index in [0.717, 1.165) is 43.5 Å². The maximum absolute atomic E-state index is 5.40. The molecule has 1 aromatic rings. The van der Waals surface area contributed by atoms with E-state index in [1.54, 1.807) is 6.26 Å². The van der Waals surface area contributed by atoms with Crippen LogP contribution in [0.5, 0.6) is 0 Å². The van der Waals surface area contributed by atoms with Gasteiger partial charge in [-0.15, -0.1) is 24.0 Å². The Labute approximate surface area is 160 Å². The summed E-state index contributed by atoms with van der Waals surface area (Å²) in [6.45, 7) is 4.13. The molecular weight excluding hydrogens is 421 g/mol. The number of hydrogen-bond donors (Lipinski definition) is 1. The third-order valence-corrected chi connectivity index (χ3v) is 5.53. The Morgan fingerprint density at radius 2 is 2.30 bits per heavy atom. The number of rotatable bonds is 6. The molecular formula is C17H28IN3OS. The minimum Gasteiger partial charge on any atom is -0.469 e. The van der Waals surface area contributed by atoms with E-state index in [0.29, 0.717) is 5.41 Å². The zero-order chi connectivity index (χ0) is 15.3. The SMILES string of the molecule is CSCCN=C(NCCc1ccco1)N1CCC2(CCC2)C1.I. The summed E-state index contributed by atoms with van der Waals surface area (Å²) in [5, 5.41) is 3.55. The highest BCUT2D eigenvalue weighted by Gasteiger charge is 2.43.